The van der Waals surface area contributed by atoms with Gasteiger partial charge in [-0.05, 0) is 40.0 Å². The van der Waals surface area contributed by atoms with Crippen LogP contribution in [0.15, 0.2) is 22.7 Å². The smallest absolute Gasteiger partial charge is 0.322 e. The average Bonchev–Trinajstić information content (AvgIpc) is 2.28. The van der Waals surface area contributed by atoms with Gasteiger partial charge < -0.3 is 15.2 Å². The fourth-order valence-electron chi connectivity index (χ4n) is 1.33. The maximum atomic E-state index is 11.1. The Hall–Kier alpha value is -0.780. The topological polar surface area (TPSA) is 61.5 Å². The minimum atomic E-state index is -0.634. The number of hydrogen-bond acceptors (Lipinski definition) is 4. The van der Waals surface area contributed by atoms with Crippen molar-refractivity contribution in [2.75, 3.05) is 14.2 Å². The first-order valence-electron chi connectivity index (χ1n) is 4.74. The van der Waals surface area contributed by atoms with E-state index in [4.69, 9.17) is 10.5 Å². The molecule has 0 aliphatic carbocycles. The molecule has 0 amide bonds. The first-order chi connectivity index (χ1) is 7.58. The normalized spacial score (nSPS) is 11.3. The van der Waals surface area contributed by atoms with Crippen LogP contribution in [0.5, 0.6) is 5.75 Å². The second-order valence-electron chi connectivity index (χ2n) is 3.30. The molecule has 0 unspecified atom stereocenters. The highest BCUT2D eigenvalue weighted by Gasteiger charge is 2.14. The Morgan fingerprint density at radius 3 is 2.59 bits per heavy atom. The van der Waals surface area contributed by atoms with Crippen molar-refractivity contribution >= 4 is 34.3 Å². The number of carbonyl (C=O) groups is 1. The van der Waals surface area contributed by atoms with Gasteiger partial charge in [-0.3, -0.25) is 4.79 Å². The first-order valence-corrected chi connectivity index (χ1v) is 5.53. The van der Waals surface area contributed by atoms with Crippen LogP contribution in [0.3, 0.4) is 0 Å². The molecule has 1 rings (SSSR count). The molecule has 2 N–H and O–H groups in total. The van der Waals surface area contributed by atoms with Gasteiger partial charge in [-0.15, -0.1) is 12.4 Å². The molecule has 0 radical (unpaired) electrons. The molecule has 4 nitrogen and oxygen atoms in total. The van der Waals surface area contributed by atoms with Gasteiger partial charge in [0.25, 0.3) is 0 Å². The van der Waals surface area contributed by atoms with Crippen molar-refractivity contribution in [3.63, 3.8) is 0 Å². The van der Waals surface area contributed by atoms with Crippen LogP contribution in [0.25, 0.3) is 0 Å². The molecule has 1 aromatic carbocycles. The molecule has 0 spiro atoms. The van der Waals surface area contributed by atoms with Crippen LogP contribution in [-0.4, -0.2) is 26.2 Å². The summed E-state index contributed by atoms with van der Waals surface area (Å²) < 4.78 is 10.5. The summed E-state index contributed by atoms with van der Waals surface area (Å²) in [7, 11) is 2.92. The molecule has 0 aliphatic rings. The summed E-state index contributed by atoms with van der Waals surface area (Å²) in [4.78, 5) is 11.1. The highest BCUT2D eigenvalue weighted by Crippen LogP contribution is 2.25. The quantitative estimate of drug-likeness (QED) is 0.860. The summed E-state index contributed by atoms with van der Waals surface area (Å²) in [6.45, 7) is 0. The molecule has 0 aliphatic heterocycles. The predicted molar refractivity (Wildman–Crippen MR) is 71.6 cm³/mol. The number of nitrogens with two attached hydrogens (primary N) is 1. The summed E-state index contributed by atoms with van der Waals surface area (Å²) >= 11 is 3.37. The fourth-order valence-corrected chi connectivity index (χ4v) is 1.91. The van der Waals surface area contributed by atoms with Gasteiger partial charge in [0.05, 0.1) is 18.7 Å². The molecule has 0 saturated carbocycles. The lowest BCUT2D eigenvalue weighted by atomic mass is 10.1. The number of hydrogen-bond donors (Lipinski definition) is 1. The Labute approximate surface area is 115 Å². The lowest BCUT2D eigenvalue weighted by Crippen LogP contribution is -2.33. The molecule has 0 fully saturated rings. The zero-order valence-electron chi connectivity index (χ0n) is 9.60. The van der Waals surface area contributed by atoms with Gasteiger partial charge in [0, 0.05) is 0 Å². The highest BCUT2D eigenvalue weighted by molar-refractivity contribution is 9.10. The molecule has 1 atom stereocenters. The third kappa shape index (κ3) is 4.53. The summed E-state index contributed by atoms with van der Waals surface area (Å²) in [6, 6.07) is 4.93. The molecule has 1 aromatic rings. The Morgan fingerprint density at radius 2 is 2.12 bits per heavy atom. The van der Waals surface area contributed by atoms with Gasteiger partial charge >= 0.3 is 5.97 Å². The Kier molecular flexibility index (Phi) is 7.18. The van der Waals surface area contributed by atoms with E-state index in [0.717, 1.165) is 15.8 Å². The van der Waals surface area contributed by atoms with Crippen LogP contribution < -0.4 is 10.5 Å². The third-order valence-electron chi connectivity index (χ3n) is 2.18. The average molecular weight is 325 g/mol. The fraction of sp³-hybridized carbons (Fsp3) is 0.364. The second-order valence-corrected chi connectivity index (χ2v) is 4.16. The standard InChI is InChI=1S/C11H14BrNO3.ClH/c1-15-10-4-3-7(5-8(10)12)6-9(13)11(14)16-2;/h3-5,9H,6,13H2,1-2H3;1H/t9-;/m0./s1. The lowest BCUT2D eigenvalue weighted by molar-refractivity contribution is -0.142. The lowest BCUT2D eigenvalue weighted by Gasteiger charge is -2.10. The Balaban J connectivity index is 0.00000256. The molecular weight excluding hydrogens is 309 g/mol. The number of benzene rings is 1. The molecule has 17 heavy (non-hydrogen) atoms. The molecular formula is C11H15BrClNO3. The molecule has 0 aromatic heterocycles. The van der Waals surface area contributed by atoms with Gasteiger partial charge in [0.2, 0.25) is 0 Å². The Bertz CT molecular complexity index is 387. The zero-order chi connectivity index (χ0) is 12.1. The number of ether oxygens (including phenoxy) is 2. The zero-order valence-corrected chi connectivity index (χ0v) is 12.0. The van der Waals surface area contributed by atoms with E-state index in [-0.39, 0.29) is 12.4 Å². The van der Waals surface area contributed by atoms with Crippen molar-refractivity contribution < 1.29 is 14.3 Å². The number of carbonyl (C=O) groups excluding carboxylic acids is 1. The largest absolute Gasteiger partial charge is 0.496 e. The van der Waals surface area contributed by atoms with E-state index < -0.39 is 12.0 Å². The number of halogens is 2. The van der Waals surface area contributed by atoms with E-state index in [0.29, 0.717) is 6.42 Å². The van der Waals surface area contributed by atoms with Crippen molar-refractivity contribution in [2.45, 2.75) is 12.5 Å². The summed E-state index contributed by atoms with van der Waals surface area (Å²) in [5.74, 6) is 0.335. The summed E-state index contributed by atoms with van der Waals surface area (Å²) in [5, 5.41) is 0. The third-order valence-corrected chi connectivity index (χ3v) is 2.80. The maximum absolute atomic E-state index is 11.1. The van der Waals surface area contributed by atoms with E-state index in [1.807, 2.05) is 18.2 Å². The van der Waals surface area contributed by atoms with E-state index in [9.17, 15) is 4.79 Å². The van der Waals surface area contributed by atoms with Crippen LogP contribution in [0.2, 0.25) is 0 Å². The van der Waals surface area contributed by atoms with Crippen LogP contribution in [0.1, 0.15) is 5.56 Å². The second kappa shape index (κ2) is 7.53. The predicted octanol–water partition coefficient (Wildman–Crippen LogP) is 1.92. The SMILES string of the molecule is COC(=O)[C@@H](N)Cc1ccc(OC)c(Br)c1.Cl. The van der Waals surface area contributed by atoms with Crippen molar-refractivity contribution in [3.8, 4) is 5.75 Å². The van der Waals surface area contributed by atoms with E-state index >= 15 is 0 Å². The highest BCUT2D eigenvalue weighted by atomic mass is 79.9. The monoisotopic (exact) mass is 323 g/mol. The molecule has 6 heteroatoms. The van der Waals surface area contributed by atoms with E-state index in [2.05, 4.69) is 20.7 Å². The van der Waals surface area contributed by atoms with E-state index in [1.165, 1.54) is 7.11 Å². The van der Waals surface area contributed by atoms with Crippen LogP contribution in [-0.2, 0) is 16.0 Å². The van der Waals surface area contributed by atoms with E-state index in [1.54, 1.807) is 7.11 Å². The van der Waals surface area contributed by atoms with Gasteiger partial charge in [-0.2, -0.15) is 0 Å². The Morgan fingerprint density at radius 1 is 1.47 bits per heavy atom. The number of rotatable bonds is 4. The first kappa shape index (κ1) is 16.2. The molecule has 0 heterocycles. The van der Waals surface area contributed by atoms with Crippen molar-refractivity contribution in [1.82, 2.24) is 0 Å². The molecule has 0 bridgehead atoms. The minimum Gasteiger partial charge on any atom is -0.496 e. The van der Waals surface area contributed by atoms with Crippen LogP contribution in [0, 0.1) is 0 Å². The minimum absolute atomic E-state index is 0. The van der Waals surface area contributed by atoms with Crippen LogP contribution in [0.4, 0.5) is 0 Å². The van der Waals surface area contributed by atoms with Crippen molar-refractivity contribution in [3.05, 3.63) is 28.2 Å². The van der Waals surface area contributed by atoms with Gasteiger partial charge in [0.1, 0.15) is 11.8 Å². The van der Waals surface area contributed by atoms with Gasteiger partial charge in [-0.1, -0.05) is 6.07 Å². The molecule has 0 saturated heterocycles. The van der Waals surface area contributed by atoms with Crippen molar-refractivity contribution in [2.24, 2.45) is 5.73 Å². The van der Waals surface area contributed by atoms with Gasteiger partial charge in [0.15, 0.2) is 0 Å². The number of esters is 1. The molecule has 96 valence electrons. The number of methoxy groups -OCH3 is 2. The maximum Gasteiger partial charge on any atom is 0.322 e. The van der Waals surface area contributed by atoms with Crippen molar-refractivity contribution in [1.29, 1.82) is 0 Å². The van der Waals surface area contributed by atoms with Gasteiger partial charge in [-0.25, -0.2) is 0 Å². The van der Waals surface area contributed by atoms with Crippen LogP contribution >= 0.6 is 28.3 Å². The summed E-state index contributed by atoms with van der Waals surface area (Å²) in [6.07, 6.45) is 0.440. The summed E-state index contributed by atoms with van der Waals surface area (Å²) in [5.41, 5.74) is 6.61.